The lowest BCUT2D eigenvalue weighted by Crippen LogP contribution is -2.47. The quantitative estimate of drug-likeness (QED) is 0.840. The fourth-order valence-corrected chi connectivity index (χ4v) is 4.24. The molecule has 0 aromatic heterocycles. The van der Waals surface area contributed by atoms with Gasteiger partial charge in [0.25, 0.3) is 0 Å². The highest BCUT2D eigenvalue weighted by Gasteiger charge is 2.35. The van der Waals surface area contributed by atoms with Crippen molar-refractivity contribution in [1.29, 1.82) is 0 Å². The number of rotatable bonds is 4. The first-order valence-corrected chi connectivity index (χ1v) is 8.71. The summed E-state index contributed by atoms with van der Waals surface area (Å²) in [6.07, 6.45) is 8.34. The van der Waals surface area contributed by atoms with Crippen molar-refractivity contribution in [3.05, 3.63) is 0 Å². The third-order valence-corrected chi connectivity index (χ3v) is 5.99. The lowest BCUT2D eigenvalue weighted by Gasteiger charge is -2.44. The minimum absolute atomic E-state index is 0.440. The molecule has 118 valence electrons. The summed E-state index contributed by atoms with van der Waals surface area (Å²) >= 11 is 0. The smallest absolute Gasteiger partial charge is 0.00928 e. The molecule has 0 bridgehead atoms. The molecule has 2 fully saturated rings. The highest BCUT2D eigenvalue weighted by atomic mass is 15.1. The van der Waals surface area contributed by atoms with Gasteiger partial charge < -0.3 is 10.2 Å². The van der Waals surface area contributed by atoms with Crippen LogP contribution in [0.4, 0.5) is 0 Å². The molecule has 1 saturated heterocycles. The van der Waals surface area contributed by atoms with Crippen molar-refractivity contribution in [3.63, 3.8) is 0 Å². The van der Waals surface area contributed by atoms with Crippen molar-refractivity contribution in [3.8, 4) is 0 Å². The summed E-state index contributed by atoms with van der Waals surface area (Å²) in [7, 11) is 2.36. The molecule has 2 nitrogen and oxygen atoms in total. The minimum Gasteiger partial charge on any atom is -0.316 e. The Labute approximate surface area is 126 Å². The molecule has 1 atom stereocenters. The molecule has 2 heteroatoms. The van der Waals surface area contributed by atoms with Crippen LogP contribution in [0.25, 0.3) is 0 Å². The number of nitrogens with zero attached hydrogens (tertiary/aromatic N) is 1. The van der Waals surface area contributed by atoms with E-state index in [1.807, 2.05) is 0 Å². The van der Waals surface area contributed by atoms with E-state index in [0.717, 1.165) is 12.0 Å². The van der Waals surface area contributed by atoms with E-state index >= 15 is 0 Å². The summed E-state index contributed by atoms with van der Waals surface area (Å²) in [4.78, 5) is 2.67. The average molecular weight is 280 g/mol. The second-order valence-corrected chi connectivity index (χ2v) is 8.84. The van der Waals surface area contributed by atoms with Gasteiger partial charge in [0.05, 0.1) is 0 Å². The van der Waals surface area contributed by atoms with E-state index in [0.29, 0.717) is 10.8 Å². The number of hydrogen-bond acceptors (Lipinski definition) is 2. The lowest BCUT2D eigenvalue weighted by molar-refractivity contribution is 0.0618. The van der Waals surface area contributed by atoms with Crippen LogP contribution in [-0.4, -0.2) is 37.6 Å². The fraction of sp³-hybridized carbons (Fsp3) is 1.00. The van der Waals surface area contributed by atoms with E-state index in [-0.39, 0.29) is 0 Å². The minimum atomic E-state index is 0.440. The molecule has 2 aliphatic rings. The van der Waals surface area contributed by atoms with Crippen LogP contribution in [0.2, 0.25) is 0 Å². The molecule has 1 N–H and O–H groups in total. The fourth-order valence-electron chi connectivity index (χ4n) is 4.24. The summed E-state index contributed by atoms with van der Waals surface area (Å²) in [6, 6.07) is 0.818. The van der Waals surface area contributed by atoms with Crippen LogP contribution >= 0.6 is 0 Å². The maximum Gasteiger partial charge on any atom is 0.00928 e. The number of hydrogen-bond donors (Lipinski definition) is 1. The Morgan fingerprint density at radius 3 is 2.35 bits per heavy atom. The molecular weight excluding hydrogens is 244 g/mol. The van der Waals surface area contributed by atoms with Gasteiger partial charge in [-0.05, 0) is 75.4 Å². The van der Waals surface area contributed by atoms with Crippen LogP contribution in [-0.2, 0) is 0 Å². The van der Waals surface area contributed by atoms with Crippen molar-refractivity contribution in [2.75, 3.05) is 26.7 Å². The van der Waals surface area contributed by atoms with Crippen LogP contribution in [0.3, 0.4) is 0 Å². The molecule has 1 heterocycles. The third-order valence-electron chi connectivity index (χ3n) is 5.99. The van der Waals surface area contributed by atoms with Gasteiger partial charge in [-0.3, -0.25) is 0 Å². The maximum absolute atomic E-state index is 3.59. The molecule has 20 heavy (non-hydrogen) atoms. The highest BCUT2D eigenvalue weighted by Crippen LogP contribution is 2.38. The zero-order valence-corrected chi connectivity index (χ0v) is 14.5. The van der Waals surface area contributed by atoms with Gasteiger partial charge in [0.1, 0.15) is 0 Å². The summed E-state index contributed by atoms with van der Waals surface area (Å²) in [5, 5.41) is 3.59. The van der Waals surface area contributed by atoms with Gasteiger partial charge in [0, 0.05) is 12.6 Å². The topological polar surface area (TPSA) is 15.3 Å². The second kappa shape index (κ2) is 6.36. The average Bonchev–Trinajstić information content (AvgIpc) is 2.39. The van der Waals surface area contributed by atoms with Gasteiger partial charge in [-0.15, -0.1) is 0 Å². The van der Waals surface area contributed by atoms with Crippen molar-refractivity contribution in [2.45, 2.75) is 72.3 Å². The van der Waals surface area contributed by atoms with E-state index in [9.17, 15) is 0 Å². The Morgan fingerprint density at radius 1 is 1.15 bits per heavy atom. The van der Waals surface area contributed by atoms with Crippen molar-refractivity contribution in [1.82, 2.24) is 10.2 Å². The zero-order chi connectivity index (χ0) is 14.8. The largest absolute Gasteiger partial charge is 0.316 e. The van der Waals surface area contributed by atoms with Crippen molar-refractivity contribution < 1.29 is 0 Å². The molecule has 0 spiro atoms. The monoisotopic (exact) mass is 280 g/mol. The van der Waals surface area contributed by atoms with Gasteiger partial charge in [-0.2, -0.15) is 0 Å². The summed E-state index contributed by atoms with van der Waals surface area (Å²) in [5.41, 5.74) is 1.02. The molecule has 0 aromatic carbocycles. The lowest BCUT2D eigenvalue weighted by atomic mass is 9.73. The molecule has 1 aliphatic heterocycles. The molecular formula is C18H36N2. The van der Waals surface area contributed by atoms with E-state index in [4.69, 9.17) is 0 Å². The molecule has 0 amide bonds. The molecule has 1 unspecified atom stereocenters. The van der Waals surface area contributed by atoms with Gasteiger partial charge in [-0.25, -0.2) is 0 Å². The summed E-state index contributed by atoms with van der Waals surface area (Å²) in [6.45, 7) is 13.5. The second-order valence-electron chi connectivity index (χ2n) is 8.84. The van der Waals surface area contributed by atoms with E-state index in [1.54, 1.807) is 0 Å². The highest BCUT2D eigenvalue weighted by molar-refractivity contribution is 4.88. The van der Waals surface area contributed by atoms with Crippen molar-refractivity contribution >= 4 is 0 Å². The zero-order valence-electron chi connectivity index (χ0n) is 14.5. The first-order valence-electron chi connectivity index (χ1n) is 8.71. The standard InChI is InChI=1S/C18H36N2/c1-17(2)10-8-16(9-11-17)20(5)14-18(3,4)15-7-6-12-19-13-15/h15-16,19H,6-14H2,1-5H3. The molecule has 2 rings (SSSR count). The van der Waals surface area contributed by atoms with Crippen LogP contribution in [0.5, 0.6) is 0 Å². The van der Waals surface area contributed by atoms with Crippen molar-refractivity contribution in [2.24, 2.45) is 16.7 Å². The predicted molar refractivity (Wildman–Crippen MR) is 88.0 cm³/mol. The van der Waals surface area contributed by atoms with Crippen LogP contribution in [0.15, 0.2) is 0 Å². The molecule has 0 aromatic rings. The Morgan fingerprint density at radius 2 is 1.80 bits per heavy atom. The van der Waals surface area contributed by atoms with E-state index in [2.05, 4.69) is 45.0 Å². The Bertz CT molecular complexity index is 293. The Kier molecular flexibility index (Phi) is 5.18. The Hall–Kier alpha value is -0.0800. The summed E-state index contributed by atoms with van der Waals surface area (Å²) in [5.74, 6) is 0.846. The predicted octanol–water partition coefficient (Wildman–Crippen LogP) is 3.91. The maximum atomic E-state index is 3.59. The molecule has 1 saturated carbocycles. The van der Waals surface area contributed by atoms with Crippen LogP contribution in [0.1, 0.15) is 66.2 Å². The van der Waals surface area contributed by atoms with E-state index < -0.39 is 0 Å². The van der Waals surface area contributed by atoms with Gasteiger partial charge in [0.2, 0.25) is 0 Å². The molecule has 0 radical (unpaired) electrons. The number of nitrogens with one attached hydrogen (secondary N) is 1. The molecule has 1 aliphatic carbocycles. The Balaban J connectivity index is 1.85. The third kappa shape index (κ3) is 4.21. The number of piperidine rings is 1. The normalized spacial score (nSPS) is 28.8. The van der Waals surface area contributed by atoms with Gasteiger partial charge in [-0.1, -0.05) is 27.7 Å². The summed E-state index contributed by atoms with van der Waals surface area (Å²) < 4.78 is 0. The van der Waals surface area contributed by atoms with Crippen LogP contribution in [0, 0.1) is 16.7 Å². The SMILES string of the molecule is CN(CC(C)(C)C1CCCNC1)C1CCC(C)(C)CC1. The van der Waals surface area contributed by atoms with Gasteiger partial charge >= 0.3 is 0 Å². The van der Waals surface area contributed by atoms with E-state index in [1.165, 1.54) is 58.2 Å². The van der Waals surface area contributed by atoms with Gasteiger partial charge in [0.15, 0.2) is 0 Å². The first kappa shape index (κ1) is 16.3. The first-order chi connectivity index (χ1) is 9.30. The van der Waals surface area contributed by atoms with Crippen LogP contribution < -0.4 is 5.32 Å².